The van der Waals surface area contributed by atoms with E-state index in [1.807, 2.05) is 7.05 Å². The van der Waals surface area contributed by atoms with Gasteiger partial charge in [0.05, 0.1) is 0 Å². The predicted molar refractivity (Wildman–Crippen MR) is 53.9 cm³/mol. The summed E-state index contributed by atoms with van der Waals surface area (Å²) in [4.78, 5) is 0. The van der Waals surface area contributed by atoms with Gasteiger partial charge in [0.15, 0.2) is 0 Å². The molecule has 12 heavy (non-hydrogen) atoms. The highest BCUT2D eigenvalue weighted by Gasteiger charge is 2.20. The number of hydrogen-bond donors (Lipinski definition) is 1. The standard InChI is InChI=1S/C11H21N/c1-4-10-5-7-11(8-6-10)9(2)12-3/h10-12H,2,4-8H2,1,3H3. The van der Waals surface area contributed by atoms with Crippen molar-refractivity contribution in [2.24, 2.45) is 11.8 Å². The number of hydrogen-bond acceptors (Lipinski definition) is 1. The third kappa shape index (κ3) is 2.26. The van der Waals surface area contributed by atoms with Crippen molar-refractivity contribution in [3.63, 3.8) is 0 Å². The van der Waals surface area contributed by atoms with E-state index in [1.54, 1.807) is 0 Å². The smallest absolute Gasteiger partial charge is 0.00625 e. The van der Waals surface area contributed by atoms with E-state index >= 15 is 0 Å². The molecule has 0 unspecified atom stereocenters. The Kier molecular flexibility index (Phi) is 3.64. The van der Waals surface area contributed by atoms with Crippen molar-refractivity contribution < 1.29 is 0 Å². The van der Waals surface area contributed by atoms with Crippen LogP contribution in [0, 0.1) is 11.8 Å². The molecule has 0 heterocycles. The molecule has 0 aromatic rings. The Morgan fingerprint density at radius 2 is 1.92 bits per heavy atom. The van der Waals surface area contributed by atoms with Gasteiger partial charge >= 0.3 is 0 Å². The molecule has 0 spiro atoms. The monoisotopic (exact) mass is 167 g/mol. The topological polar surface area (TPSA) is 12.0 Å². The Balaban J connectivity index is 2.30. The van der Waals surface area contributed by atoms with Gasteiger partial charge in [-0.3, -0.25) is 0 Å². The van der Waals surface area contributed by atoms with Crippen LogP contribution in [0.5, 0.6) is 0 Å². The largest absolute Gasteiger partial charge is 0.392 e. The summed E-state index contributed by atoms with van der Waals surface area (Å²) in [6, 6.07) is 0. The highest BCUT2D eigenvalue weighted by Crippen LogP contribution is 2.32. The molecular weight excluding hydrogens is 146 g/mol. The maximum Gasteiger partial charge on any atom is 0.00625 e. The van der Waals surface area contributed by atoms with E-state index in [0.717, 1.165) is 11.8 Å². The second kappa shape index (κ2) is 4.54. The van der Waals surface area contributed by atoms with Gasteiger partial charge in [0.1, 0.15) is 0 Å². The van der Waals surface area contributed by atoms with Crippen LogP contribution in [-0.2, 0) is 0 Å². The van der Waals surface area contributed by atoms with E-state index in [1.165, 1.54) is 37.8 Å². The summed E-state index contributed by atoms with van der Waals surface area (Å²) in [5, 5.41) is 3.17. The lowest BCUT2D eigenvalue weighted by Gasteiger charge is -2.28. The average Bonchev–Trinajstić information content (AvgIpc) is 2.17. The first-order valence-electron chi connectivity index (χ1n) is 5.14. The summed E-state index contributed by atoms with van der Waals surface area (Å²) in [6.45, 7) is 6.34. The van der Waals surface area contributed by atoms with Gasteiger partial charge in [-0.1, -0.05) is 19.9 Å². The fourth-order valence-corrected chi connectivity index (χ4v) is 2.12. The molecule has 1 nitrogen and oxygen atoms in total. The second-order valence-corrected chi connectivity index (χ2v) is 3.90. The Morgan fingerprint density at radius 1 is 1.33 bits per heavy atom. The van der Waals surface area contributed by atoms with Gasteiger partial charge in [0.25, 0.3) is 0 Å². The first kappa shape index (κ1) is 9.63. The summed E-state index contributed by atoms with van der Waals surface area (Å²) in [7, 11) is 1.98. The minimum absolute atomic E-state index is 0.748. The van der Waals surface area contributed by atoms with Crippen LogP contribution in [0.25, 0.3) is 0 Å². The van der Waals surface area contributed by atoms with Crippen molar-refractivity contribution in [1.82, 2.24) is 5.32 Å². The molecule has 1 rings (SSSR count). The normalized spacial score (nSPS) is 29.8. The van der Waals surface area contributed by atoms with Crippen molar-refractivity contribution in [2.45, 2.75) is 39.0 Å². The molecule has 0 aromatic heterocycles. The molecule has 1 N–H and O–H groups in total. The molecule has 1 heteroatoms. The second-order valence-electron chi connectivity index (χ2n) is 3.90. The van der Waals surface area contributed by atoms with Gasteiger partial charge < -0.3 is 5.32 Å². The Labute approximate surface area is 76.2 Å². The first-order valence-corrected chi connectivity index (χ1v) is 5.14. The van der Waals surface area contributed by atoms with E-state index in [-0.39, 0.29) is 0 Å². The van der Waals surface area contributed by atoms with Crippen molar-refractivity contribution in [2.75, 3.05) is 7.05 Å². The zero-order valence-electron chi connectivity index (χ0n) is 8.40. The van der Waals surface area contributed by atoms with Crippen LogP contribution < -0.4 is 5.32 Å². The van der Waals surface area contributed by atoms with Gasteiger partial charge in [-0.15, -0.1) is 0 Å². The number of rotatable bonds is 3. The molecule has 1 fully saturated rings. The van der Waals surface area contributed by atoms with E-state index in [9.17, 15) is 0 Å². The van der Waals surface area contributed by atoms with Crippen LogP contribution in [0.3, 0.4) is 0 Å². The third-order valence-corrected chi connectivity index (χ3v) is 3.24. The van der Waals surface area contributed by atoms with E-state index in [4.69, 9.17) is 0 Å². The van der Waals surface area contributed by atoms with Crippen LogP contribution in [0.1, 0.15) is 39.0 Å². The lowest BCUT2D eigenvalue weighted by atomic mass is 9.80. The Hall–Kier alpha value is -0.460. The van der Waals surface area contributed by atoms with E-state index in [2.05, 4.69) is 18.8 Å². The minimum atomic E-state index is 0.748. The highest BCUT2D eigenvalue weighted by atomic mass is 14.8. The molecule has 0 aliphatic heterocycles. The summed E-state index contributed by atoms with van der Waals surface area (Å²) in [5.74, 6) is 1.74. The Bertz CT molecular complexity index is 143. The molecule has 1 aliphatic rings. The van der Waals surface area contributed by atoms with Gasteiger partial charge in [-0.05, 0) is 37.5 Å². The molecule has 0 bridgehead atoms. The lowest BCUT2D eigenvalue weighted by molar-refractivity contribution is 0.290. The molecule has 0 atom stereocenters. The molecule has 0 saturated heterocycles. The first-order chi connectivity index (χ1) is 5.77. The molecule has 0 aromatic carbocycles. The van der Waals surface area contributed by atoms with Crippen LogP contribution >= 0.6 is 0 Å². The Morgan fingerprint density at radius 3 is 2.33 bits per heavy atom. The van der Waals surface area contributed by atoms with E-state index < -0.39 is 0 Å². The molecule has 0 radical (unpaired) electrons. The maximum atomic E-state index is 4.04. The molecule has 70 valence electrons. The molecular formula is C11H21N. The molecule has 0 amide bonds. The number of nitrogens with one attached hydrogen (secondary N) is 1. The average molecular weight is 167 g/mol. The van der Waals surface area contributed by atoms with Crippen LogP contribution in [0.4, 0.5) is 0 Å². The summed E-state index contributed by atoms with van der Waals surface area (Å²) in [6.07, 6.45) is 6.86. The SMILES string of the molecule is C=C(NC)C1CCC(CC)CC1. The van der Waals surface area contributed by atoms with Crippen molar-refractivity contribution in [1.29, 1.82) is 0 Å². The fourth-order valence-electron chi connectivity index (χ4n) is 2.12. The van der Waals surface area contributed by atoms with Crippen LogP contribution in [0.15, 0.2) is 12.3 Å². The van der Waals surface area contributed by atoms with Crippen molar-refractivity contribution >= 4 is 0 Å². The third-order valence-electron chi connectivity index (χ3n) is 3.24. The number of allylic oxidation sites excluding steroid dienone is 1. The summed E-state index contributed by atoms with van der Waals surface area (Å²) >= 11 is 0. The zero-order chi connectivity index (χ0) is 8.97. The minimum Gasteiger partial charge on any atom is -0.392 e. The van der Waals surface area contributed by atoms with Crippen molar-refractivity contribution in [3.05, 3.63) is 12.3 Å². The van der Waals surface area contributed by atoms with Gasteiger partial charge in [-0.25, -0.2) is 0 Å². The van der Waals surface area contributed by atoms with Gasteiger partial charge in [0, 0.05) is 12.7 Å². The highest BCUT2D eigenvalue weighted by molar-refractivity contribution is 4.98. The zero-order valence-corrected chi connectivity index (χ0v) is 8.40. The summed E-state index contributed by atoms with van der Waals surface area (Å²) < 4.78 is 0. The molecule has 1 aliphatic carbocycles. The fraction of sp³-hybridized carbons (Fsp3) is 0.818. The van der Waals surface area contributed by atoms with Gasteiger partial charge in [0.2, 0.25) is 0 Å². The van der Waals surface area contributed by atoms with Crippen molar-refractivity contribution in [3.8, 4) is 0 Å². The maximum absolute atomic E-state index is 4.04. The quantitative estimate of drug-likeness (QED) is 0.681. The van der Waals surface area contributed by atoms with Crippen LogP contribution in [0.2, 0.25) is 0 Å². The van der Waals surface area contributed by atoms with E-state index in [0.29, 0.717) is 0 Å². The summed E-state index contributed by atoms with van der Waals surface area (Å²) in [5.41, 5.74) is 1.24. The lowest BCUT2D eigenvalue weighted by Crippen LogP contribution is -2.21. The molecule has 1 saturated carbocycles. The van der Waals surface area contributed by atoms with Crippen LogP contribution in [-0.4, -0.2) is 7.05 Å². The van der Waals surface area contributed by atoms with Gasteiger partial charge in [-0.2, -0.15) is 0 Å². The predicted octanol–water partition coefficient (Wildman–Crippen LogP) is 2.94.